The van der Waals surface area contributed by atoms with Crippen LogP contribution in [0.4, 0.5) is 5.69 Å². The van der Waals surface area contributed by atoms with E-state index in [-0.39, 0.29) is 0 Å². The molecule has 3 N–H and O–H groups in total. The van der Waals surface area contributed by atoms with Crippen LogP contribution in [0.3, 0.4) is 0 Å². The van der Waals surface area contributed by atoms with Gasteiger partial charge < -0.3 is 15.8 Å². The van der Waals surface area contributed by atoms with Crippen molar-refractivity contribution < 1.29 is 4.74 Å². The summed E-state index contributed by atoms with van der Waals surface area (Å²) in [5, 5.41) is 3.09. The second-order valence-corrected chi connectivity index (χ2v) is 5.09. The van der Waals surface area contributed by atoms with Gasteiger partial charge in [-0.1, -0.05) is 29.8 Å². The van der Waals surface area contributed by atoms with E-state index in [0.717, 1.165) is 17.9 Å². The van der Waals surface area contributed by atoms with Gasteiger partial charge in [0.15, 0.2) is 5.96 Å². The van der Waals surface area contributed by atoms with Crippen molar-refractivity contribution in [3.05, 3.63) is 59.7 Å². The Morgan fingerprint density at radius 1 is 1.18 bits per heavy atom. The molecule has 0 fully saturated rings. The summed E-state index contributed by atoms with van der Waals surface area (Å²) in [4.78, 5) is 4.36. The monoisotopic (exact) mass is 297 g/mol. The van der Waals surface area contributed by atoms with Crippen molar-refractivity contribution in [3.8, 4) is 5.75 Å². The van der Waals surface area contributed by atoms with Gasteiger partial charge in [0.1, 0.15) is 5.75 Å². The normalized spacial score (nSPS) is 11.3. The minimum atomic E-state index is 0.435. The summed E-state index contributed by atoms with van der Waals surface area (Å²) in [6.45, 7) is 5.35. The number of ether oxygens (including phenoxy) is 1. The van der Waals surface area contributed by atoms with E-state index < -0.39 is 0 Å². The van der Waals surface area contributed by atoms with Gasteiger partial charge >= 0.3 is 0 Å². The molecule has 0 heterocycles. The van der Waals surface area contributed by atoms with Gasteiger partial charge in [0.2, 0.25) is 0 Å². The Labute approximate surface area is 132 Å². The molecule has 4 nitrogen and oxygen atoms in total. The quantitative estimate of drug-likeness (QED) is 0.635. The molecule has 0 aliphatic heterocycles. The zero-order valence-corrected chi connectivity index (χ0v) is 13.2. The van der Waals surface area contributed by atoms with Gasteiger partial charge in [-0.3, -0.25) is 4.99 Å². The summed E-state index contributed by atoms with van der Waals surface area (Å²) >= 11 is 0. The molecule has 0 aliphatic carbocycles. The lowest BCUT2D eigenvalue weighted by Crippen LogP contribution is -2.23. The standard InChI is InChI=1S/C18H23N3O/c1-3-22-17-6-4-5-15(13-17)11-12-20-18(19)21-16-9-7-14(2)8-10-16/h4-10,13H,3,11-12H2,1-2H3,(H3,19,20,21). The highest BCUT2D eigenvalue weighted by Crippen LogP contribution is 2.13. The van der Waals surface area contributed by atoms with E-state index in [1.807, 2.05) is 49.4 Å². The second-order valence-electron chi connectivity index (χ2n) is 5.09. The number of nitrogens with one attached hydrogen (secondary N) is 1. The molecular weight excluding hydrogens is 274 g/mol. The highest BCUT2D eigenvalue weighted by molar-refractivity contribution is 5.92. The van der Waals surface area contributed by atoms with Crippen molar-refractivity contribution in [2.75, 3.05) is 18.5 Å². The van der Waals surface area contributed by atoms with Gasteiger partial charge in [-0.15, -0.1) is 0 Å². The molecule has 2 aromatic carbocycles. The fraction of sp³-hybridized carbons (Fsp3) is 0.278. The van der Waals surface area contributed by atoms with Crippen molar-refractivity contribution in [1.82, 2.24) is 0 Å². The van der Waals surface area contributed by atoms with Crippen LogP contribution in [0.1, 0.15) is 18.1 Å². The number of anilines is 1. The minimum Gasteiger partial charge on any atom is -0.494 e. The third kappa shape index (κ3) is 5.13. The average molecular weight is 297 g/mol. The van der Waals surface area contributed by atoms with Crippen LogP contribution in [0.5, 0.6) is 5.75 Å². The highest BCUT2D eigenvalue weighted by Gasteiger charge is 1.98. The first kappa shape index (κ1) is 15.9. The summed E-state index contributed by atoms with van der Waals surface area (Å²) in [6, 6.07) is 16.1. The molecule has 0 radical (unpaired) electrons. The number of aryl methyl sites for hydroxylation is 1. The van der Waals surface area contributed by atoms with Gasteiger partial charge in [0, 0.05) is 12.2 Å². The minimum absolute atomic E-state index is 0.435. The molecule has 0 saturated carbocycles. The van der Waals surface area contributed by atoms with Crippen molar-refractivity contribution in [2.45, 2.75) is 20.3 Å². The Bertz CT molecular complexity index is 620. The predicted octanol–water partition coefficient (Wildman–Crippen LogP) is 3.36. The van der Waals surface area contributed by atoms with Crippen molar-refractivity contribution in [1.29, 1.82) is 0 Å². The fourth-order valence-electron chi connectivity index (χ4n) is 2.09. The molecule has 0 unspecified atom stereocenters. The molecule has 2 rings (SSSR count). The number of hydrogen-bond acceptors (Lipinski definition) is 2. The van der Waals surface area contributed by atoms with Crippen LogP contribution in [-0.4, -0.2) is 19.1 Å². The Hall–Kier alpha value is -2.49. The zero-order chi connectivity index (χ0) is 15.8. The van der Waals surface area contributed by atoms with Crippen LogP contribution in [0.2, 0.25) is 0 Å². The van der Waals surface area contributed by atoms with Crippen LogP contribution < -0.4 is 15.8 Å². The van der Waals surface area contributed by atoms with E-state index in [0.29, 0.717) is 19.1 Å². The molecule has 22 heavy (non-hydrogen) atoms. The van der Waals surface area contributed by atoms with Crippen LogP contribution in [0, 0.1) is 6.92 Å². The molecule has 0 spiro atoms. The van der Waals surface area contributed by atoms with Gasteiger partial charge in [0.25, 0.3) is 0 Å². The maximum atomic E-state index is 5.90. The van der Waals surface area contributed by atoms with E-state index in [2.05, 4.69) is 23.3 Å². The largest absolute Gasteiger partial charge is 0.494 e. The van der Waals surface area contributed by atoms with E-state index in [9.17, 15) is 0 Å². The molecule has 4 heteroatoms. The molecule has 0 aromatic heterocycles. The summed E-state index contributed by atoms with van der Waals surface area (Å²) in [7, 11) is 0. The average Bonchev–Trinajstić information content (AvgIpc) is 2.50. The Kier molecular flexibility index (Phi) is 5.83. The summed E-state index contributed by atoms with van der Waals surface area (Å²) in [5.41, 5.74) is 9.26. The second kappa shape index (κ2) is 8.08. The van der Waals surface area contributed by atoms with Gasteiger partial charge in [-0.05, 0) is 50.1 Å². The first-order valence-corrected chi connectivity index (χ1v) is 7.52. The lowest BCUT2D eigenvalue weighted by molar-refractivity contribution is 0.340. The number of nitrogens with zero attached hydrogens (tertiary/aromatic N) is 1. The molecule has 2 aromatic rings. The third-order valence-electron chi connectivity index (χ3n) is 3.22. The van der Waals surface area contributed by atoms with Crippen LogP contribution in [0.15, 0.2) is 53.5 Å². The smallest absolute Gasteiger partial charge is 0.193 e. The van der Waals surface area contributed by atoms with Crippen molar-refractivity contribution in [3.63, 3.8) is 0 Å². The van der Waals surface area contributed by atoms with Crippen molar-refractivity contribution in [2.24, 2.45) is 10.7 Å². The maximum Gasteiger partial charge on any atom is 0.193 e. The van der Waals surface area contributed by atoms with E-state index >= 15 is 0 Å². The number of guanidine groups is 1. The maximum absolute atomic E-state index is 5.90. The lowest BCUT2D eigenvalue weighted by Gasteiger charge is -2.07. The number of benzene rings is 2. The van der Waals surface area contributed by atoms with Gasteiger partial charge in [-0.25, -0.2) is 0 Å². The molecular formula is C18H23N3O. The lowest BCUT2D eigenvalue weighted by atomic mass is 10.1. The molecule has 0 bridgehead atoms. The van der Waals surface area contributed by atoms with Gasteiger partial charge in [-0.2, -0.15) is 0 Å². The first-order valence-electron chi connectivity index (χ1n) is 7.52. The van der Waals surface area contributed by atoms with E-state index in [4.69, 9.17) is 10.5 Å². The zero-order valence-electron chi connectivity index (χ0n) is 13.2. The highest BCUT2D eigenvalue weighted by atomic mass is 16.5. The number of aliphatic imine (C=N–C) groups is 1. The fourth-order valence-corrected chi connectivity index (χ4v) is 2.09. The molecule has 116 valence electrons. The topological polar surface area (TPSA) is 59.6 Å². The molecule has 0 aliphatic rings. The van der Waals surface area contributed by atoms with E-state index in [1.54, 1.807) is 0 Å². The molecule has 0 atom stereocenters. The van der Waals surface area contributed by atoms with Gasteiger partial charge in [0.05, 0.1) is 6.61 Å². The first-order chi connectivity index (χ1) is 10.7. The predicted molar refractivity (Wildman–Crippen MR) is 92.6 cm³/mol. The Morgan fingerprint density at radius 3 is 2.68 bits per heavy atom. The third-order valence-corrected chi connectivity index (χ3v) is 3.22. The molecule has 0 amide bonds. The SMILES string of the molecule is CCOc1cccc(CCN=C(N)Nc2ccc(C)cc2)c1. The number of rotatable bonds is 6. The van der Waals surface area contributed by atoms with Crippen LogP contribution >= 0.6 is 0 Å². The number of hydrogen-bond donors (Lipinski definition) is 2. The van der Waals surface area contributed by atoms with Crippen LogP contribution in [-0.2, 0) is 6.42 Å². The summed E-state index contributed by atoms with van der Waals surface area (Å²) in [6.07, 6.45) is 0.831. The summed E-state index contributed by atoms with van der Waals surface area (Å²) in [5.74, 6) is 1.33. The Balaban J connectivity index is 1.86. The molecule has 0 saturated heterocycles. The van der Waals surface area contributed by atoms with Crippen LogP contribution in [0.25, 0.3) is 0 Å². The van der Waals surface area contributed by atoms with Crippen molar-refractivity contribution >= 4 is 11.6 Å². The Morgan fingerprint density at radius 2 is 1.95 bits per heavy atom. The summed E-state index contributed by atoms with van der Waals surface area (Å²) < 4.78 is 5.49. The number of nitrogens with two attached hydrogens (primary N) is 1. The van der Waals surface area contributed by atoms with E-state index in [1.165, 1.54) is 11.1 Å².